The molecule has 0 aliphatic carbocycles. The third-order valence-electron chi connectivity index (χ3n) is 3.49. The lowest BCUT2D eigenvalue weighted by Crippen LogP contribution is -2.41. The minimum Gasteiger partial charge on any atom is -0.336 e. The maximum atomic E-state index is 12.1. The van der Waals surface area contributed by atoms with Crippen LogP contribution in [0.2, 0.25) is 0 Å². The Balaban J connectivity index is 2.00. The number of fused-ring (bicyclic) bond motifs is 1. The van der Waals surface area contributed by atoms with E-state index in [4.69, 9.17) is 0 Å². The Kier molecular flexibility index (Phi) is 5.14. The first-order valence-electron chi connectivity index (χ1n) is 7.46. The minimum atomic E-state index is -0.0501. The van der Waals surface area contributed by atoms with E-state index < -0.39 is 0 Å². The molecule has 4 nitrogen and oxygen atoms in total. The molecule has 4 heteroatoms. The lowest BCUT2D eigenvalue weighted by molar-refractivity contribution is 0.202. The molecule has 2 aromatic rings. The zero-order valence-corrected chi connectivity index (χ0v) is 13.0. The van der Waals surface area contributed by atoms with Gasteiger partial charge >= 0.3 is 6.03 Å². The smallest absolute Gasteiger partial charge is 0.317 e. The molecule has 21 heavy (non-hydrogen) atoms. The summed E-state index contributed by atoms with van der Waals surface area (Å²) in [7, 11) is 1.80. The predicted octanol–water partition coefficient (Wildman–Crippen LogP) is 3.56. The van der Waals surface area contributed by atoms with Gasteiger partial charge in [0, 0.05) is 18.5 Å². The summed E-state index contributed by atoms with van der Waals surface area (Å²) in [6.07, 6.45) is 2.06. The summed E-state index contributed by atoms with van der Waals surface area (Å²) in [5, 5.41) is 4.11. The maximum Gasteiger partial charge on any atom is 0.317 e. The Morgan fingerprint density at radius 1 is 1.29 bits per heavy atom. The van der Waals surface area contributed by atoms with Gasteiger partial charge in [-0.25, -0.2) is 4.79 Å². The van der Waals surface area contributed by atoms with E-state index in [1.807, 2.05) is 43.3 Å². The van der Waals surface area contributed by atoms with Crippen LogP contribution in [0, 0.1) is 0 Å². The first kappa shape index (κ1) is 15.3. The number of aromatic nitrogens is 1. The second-order valence-electron chi connectivity index (χ2n) is 5.49. The van der Waals surface area contributed by atoms with Gasteiger partial charge < -0.3 is 10.2 Å². The van der Waals surface area contributed by atoms with Gasteiger partial charge in [0.2, 0.25) is 0 Å². The highest BCUT2D eigenvalue weighted by Crippen LogP contribution is 2.12. The van der Waals surface area contributed by atoms with Crippen LogP contribution in [0.4, 0.5) is 4.79 Å². The number of rotatable bonds is 5. The van der Waals surface area contributed by atoms with Crippen molar-refractivity contribution >= 4 is 16.9 Å². The standard InChI is InChI=1S/C17H23N3O/c1-4-7-13(2)18-17(21)20(3)12-15-11-10-14-8-5-6-9-16(14)19-15/h5-6,8-11,13H,4,7,12H2,1-3H3,(H,18,21). The number of carbonyl (C=O) groups is 1. The average molecular weight is 285 g/mol. The number of urea groups is 1. The number of benzene rings is 1. The zero-order valence-electron chi connectivity index (χ0n) is 13.0. The van der Waals surface area contributed by atoms with Crippen molar-refractivity contribution in [3.8, 4) is 0 Å². The Bertz CT molecular complexity index is 612. The normalized spacial score (nSPS) is 12.1. The van der Waals surface area contributed by atoms with Gasteiger partial charge in [-0.3, -0.25) is 4.98 Å². The van der Waals surface area contributed by atoms with Gasteiger partial charge in [0.25, 0.3) is 0 Å². The Morgan fingerprint density at radius 3 is 2.81 bits per heavy atom. The topological polar surface area (TPSA) is 45.2 Å². The Morgan fingerprint density at radius 2 is 2.05 bits per heavy atom. The fourth-order valence-corrected chi connectivity index (χ4v) is 2.34. The Hall–Kier alpha value is -2.10. The predicted molar refractivity (Wildman–Crippen MR) is 86.1 cm³/mol. The van der Waals surface area contributed by atoms with Gasteiger partial charge in [-0.05, 0) is 25.5 Å². The molecule has 0 fully saturated rings. The molecule has 0 saturated heterocycles. The molecule has 1 N–H and O–H groups in total. The van der Waals surface area contributed by atoms with Crippen LogP contribution >= 0.6 is 0 Å². The quantitative estimate of drug-likeness (QED) is 0.913. The van der Waals surface area contributed by atoms with Gasteiger partial charge in [-0.2, -0.15) is 0 Å². The van der Waals surface area contributed by atoms with Crippen molar-refractivity contribution in [2.75, 3.05) is 7.05 Å². The van der Waals surface area contributed by atoms with E-state index in [-0.39, 0.29) is 12.1 Å². The van der Waals surface area contributed by atoms with Crippen LogP contribution in [-0.4, -0.2) is 29.0 Å². The molecule has 112 valence electrons. The van der Waals surface area contributed by atoms with E-state index in [0.29, 0.717) is 6.54 Å². The van der Waals surface area contributed by atoms with Crippen LogP contribution < -0.4 is 5.32 Å². The van der Waals surface area contributed by atoms with E-state index in [1.165, 1.54) is 0 Å². The van der Waals surface area contributed by atoms with Crippen LogP contribution in [0.3, 0.4) is 0 Å². The SMILES string of the molecule is CCCC(C)NC(=O)N(C)Cc1ccc2ccccc2n1. The van der Waals surface area contributed by atoms with Crippen LogP contribution in [0.1, 0.15) is 32.4 Å². The van der Waals surface area contributed by atoms with Crippen molar-refractivity contribution in [1.29, 1.82) is 0 Å². The number of nitrogens with one attached hydrogen (secondary N) is 1. The molecular formula is C17H23N3O. The van der Waals surface area contributed by atoms with Crippen molar-refractivity contribution < 1.29 is 4.79 Å². The average Bonchev–Trinajstić information content (AvgIpc) is 2.47. The monoisotopic (exact) mass is 285 g/mol. The van der Waals surface area contributed by atoms with Gasteiger partial charge in [0.05, 0.1) is 17.8 Å². The number of para-hydroxylation sites is 1. The first-order chi connectivity index (χ1) is 10.1. The molecule has 1 aromatic carbocycles. The number of nitrogens with zero attached hydrogens (tertiary/aromatic N) is 2. The highest BCUT2D eigenvalue weighted by atomic mass is 16.2. The number of pyridine rings is 1. The lowest BCUT2D eigenvalue weighted by atomic mass is 10.2. The summed E-state index contributed by atoms with van der Waals surface area (Å²) < 4.78 is 0. The van der Waals surface area contributed by atoms with Gasteiger partial charge in [-0.15, -0.1) is 0 Å². The number of amides is 2. The molecule has 0 aliphatic heterocycles. The summed E-state index contributed by atoms with van der Waals surface area (Å²) in [4.78, 5) is 18.3. The van der Waals surface area contributed by atoms with Gasteiger partial charge in [0.1, 0.15) is 0 Å². The summed E-state index contributed by atoms with van der Waals surface area (Å²) in [6, 6.07) is 12.2. The van der Waals surface area contributed by atoms with Crippen LogP contribution in [0.25, 0.3) is 10.9 Å². The molecule has 0 saturated carbocycles. The summed E-state index contributed by atoms with van der Waals surface area (Å²) in [5.41, 5.74) is 1.86. The highest BCUT2D eigenvalue weighted by molar-refractivity contribution is 5.78. The van der Waals surface area contributed by atoms with E-state index in [2.05, 4.69) is 17.2 Å². The fraction of sp³-hybridized carbons (Fsp3) is 0.412. The number of carbonyl (C=O) groups excluding carboxylic acids is 1. The van der Waals surface area contributed by atoms with Gasteiger partial charge in [-0.1, -0.05) is 37.6 Å². The zero-order chi connectivity index (χ0) is 15.2. The molecule has 2 rings (SSSR count). The number of hydrogen-bond acceptors (Lipinski definition) is 2. The lowest BCUT2D eigenvalue weighted by Gasteiger charge is -2.21. The Labute approximate surface area is 126 Å². The van der Waals surface area contributed by atoms with Gasteiger partial charge in [0.15, 0.2) is 0 Å². The molecule has 1 unspecified atom stereocenters. The molecule has 1 aromatic heterocycles. The van der Waals surface area contributed by atoms with Crippen LogP contribution in [0.5, 0.6) is 0 Å². The molecular weight excluding hydrogens is 262 g/mol. The van der Waals surface area contributed by atoms with Crippen molar-refractivity contribution in [3.63, 3.8) is 0 Å². The van der Waals surface area contributed by atoms with Crippen LogP contribution in [-0.2, 0) is 6.54 Å². The fourth-order valence-electron chi connectivity index (χ4n) is 2.34. The molecule has 0 bridgehead atoms. The molecule has 1 heterocycles. The highest BCUT2D eigenvalue weighted by Gasteiger charge is 2.12. The molecule has 0 spiro atoms. The molecule has 2 amide bonds. The van der Waals surface area contributed by atoms with E-state index >= 15 is 0 Å². The van der Waals surface area contributed by atoms with Crippen molar-refractivity contribution in [2.24, 2.45) is 0 Å². The van der Waals surface area contributed by atoms with E-state index in [9.17, 15) is 4.79 Å². The van der Waals surface area contributed by atoms with Crippen molar-refractivity contribution in [2.45, 2.75) is 39.3 Å². The number of hydrogen-bond donors (Lipinski definition) is 1. The summed E-state index contributed by atoms with van der Waals surface area (Å²) in [6.45, 7) is 4.66. The summed E-state index contributed by atoms with van der Waals surface area (Å²) in [5.74, 6) is 0. The largest absolute Gasteiger partial charge is 0.336 e. The first-order valence-corrected chi connectivity index (χ1v) is 7.46. The second kappa shape index (κ2) is 7.07. The summed E-state index contributed by atoms with van der Waals surface area (Å²) >= 11 is 0. The van der Waals surface area contributed by atoms with Crippen molar-refractivity contribution in [3.05, 3.63) is 42.1 Å². The minimum absolute atomic E-state index is 0.0501. The van der Waals surface area contributed by atoms with Crippen LogP contribution in [0.15, 0.2) is 36.4 Å². The molecule has 0 radical (unpaired) electrons. The van der Waals surface area contributed by atoms with E-state index in [1.54, 1.807) is 11.9 Å². The third kappa shape index (κ3) is 4.18. The molecule has 1 atom stereocenters. The third-order valence-corrected chi connectivity index (χ3v) is 3.49. The maximum absolute atomic E-state index is 12.1. The van der Waals surface area contributed by atoms with E-state index in [0.717, 1.165) is 29.4 Å². The molecule has 0 aliphatic rings. The second-order valence-corrected chi connectivity index (χ2v) is 5.49. The van der Waals surface area contributed by atoms with Crippen molar-refractivity contribution in [1.82, 2.24) is 15.2 Å².